The first-order valence-corrected chi connectivity index (χ1v) is 4.17. The lowest BCUT2D eigenvalue weighted by Gasteiger charge is -2.23. The monoisotopic (exact) mass is 190 g/mol. The first kappa shape index (κ1) is 12.2. The molecule has 0 saturated carbocycles. The van der Waals surface area contributed by atoms with E-state index in [1.807, 2.05) is 0 Å². The van der Waals surface area contributed by atoms with E-state index in [9.17, 15) is 4.79 Å². The van der Waals surface area contributed by atoms with Crippen molar-refractivity contribution < 1.29 is 14.6 Å². The Bertz CT molecular complexity index is 159. The SMILES string of the molecule is COCCNC(=O)NC(C)(C)CO. The number of carbonyl (C=O) groups excluding carboxylic acids is 1. The molecule has 0 rings (SSSR count). The molecule has 13 heavy (non-hydrogen) atoms. The zero-order valence-corrected chi connectivity index (χ0v) is 8.39. The molecule has 5 heteroatoms. The minimum absolute atomic E-state index is 0.0926. The van der Waals surface area contributed by atoms with Gasteiger partial charge in [-0.3, -0.25) is 0 Å². The van der Waals surface area contributed by atoms with Crippen LogP contribution in [0.5, 0.6) is 0 Å². The third kappa shape index (κ3) is 6.36. The van der Waals surface area contributed by atoms with Crippen LogP contribution in [0.1, 0.15) is 13.8 Å². The molecular weight excluding hydrogens is 172 g/mol. The van der Waals surface area contributed by atoms with E-state index in [0.717, 1.165) is 0 Å². The largest absolute Gasteiger partial charge is 0.394 e. The number of hydrogen-bond donors (Lipinski definition) is 3. The summed E-state index contributed by atoms with van der Waals surface area (Å²) in [6.07, 6.45) is 0. The second kappa shape index (κ2) is 5.77. The fourth-order valence-corrected chi connectivity index (χ4v) is 0.658. The topological polar surface area (TPSA) is 70.6 Å². The Labute approximate surface area is 78.5 Å². The fraction of sp³-hybridized carbons (Fsp3) is 0.875. The van der Waals surface area contributed by atoms with Gasteiger partial charge in [-0.2, -0.15) is 0 Å². The smallest absolute Gasteiger partial charge is 0.315 e. The maximum atomic E-state index is 11.1. The highest BCUT2D eigenvalue weighted by molar-refractivity contribution is 5.74. The van der Waals surface area contributed by atoms with Crippen molar-refractivity contribution in [3.63, 3.8) is 0 Å². The van der Waals surface area contributed by atoms with Gasteiger partial charge in [-0.1, -0.05) is 0 Å². The highest BCUT2D eigenvalue weighted by atomic mass is 16.5. The summed E-state index contributed by atoms with van der Waals surface area (Å²) in [6, 6.07) is -0.295. The molecule has 0 spiro atoms. The normalized spacial score (nSPS) is 11.1. The van der Waals surface area contributed by atoms with Crippen LogP contribution in [0.3, 0.4) is 0 Å². The van der Waals surface area contributed by atoms with Crippen LogP contribution in [0.2, 0.25) is 0 Å². The molecule has 0 heterocycles. The standard InChI is InChI=1S/C8H18N2O3/c1-8(2,6-11)10-7(12)9-4-5-13-3/h11H,4-6H2,1-3H3,(H2,9,10,12). The van der Waals surface area contributed by atoms with Crippen LogP contribution in [-0.2, 0) is 4.74 Å². The molecule has 0 bridgehead atoms. The molecule has 0 saturated heterocycles. The van der Waals surface area contributed by atoms with Crippen molar-refractivity contribution >= 4 is 6.03 Å². The van der Waals surface area contributed by atoms with Gasteiger partial charge < -0.3 is 20.5 Å². The van der Waals surface area contributed by atoms with Crippen LogP contribution >= 0.6 is 0 Å². The van der Waals surface area contributed by atoms with Gasteiger partial charge in [-0.05, 0) is 13.8 Å². The van der Waals surface area contributed by atoms with Crippen LogP contribution in [-0.4, -0.2) is 43.5 Å². The van der Waals surface area contributed by atoms with Gasteiger partial charge in [-0.25, -0.2) is 4.79 Å². The number of nitrogens with one attached hydrogen (secondary N) is 2. The molecule has 0 unspecified atom stereocenters. The maximum absolute atomic E-state index is 11.1. The Morgan fingerprint density at radius 3 is 2.62 bits per heavy atom. The molecule has 2 amide bonds. The molecule has 3 N–H and O–H groups in total. The second-order valence-corrected chi connectivity index (χ2v) is 3.42. The average Bonchev–Trinajstić information content (AvgIpc) is 2.04. The number of aliphatic hydroxyl groups excluding tert-OH is 1. The summed E-state index contributed by atoms with van der Waals surface area (Å²) >= 11 is 0. The van der Waals surface area contributed by atoms with Crippen LogP contribution in [0.4, 0.5) is 4.79 Å². The maximum Gasteiger partial charge on any atom is 0.315 e. The van der Waals surface area contributed by atoms with E-state index in [0.29, 0.717) is 13.2 Å². The Morgan fingerprint density at radius 2 is 2.15 bits per heavy atom. The zero-order chi connectivity index (χ0) is 10.3. The van der Waals surface area contributed by atoms with Gasteiger partial charge in [0.25, 0.3) is 0 Å². The summed E-state index contributed by atoms with van der Waals surface area (Å²) in [5.74, 6) is 0. The second-order valence-electron chi connectivity index (χ2n) is 3.42. The summed E-state index contributed by atoms with van der Waals surface area (Å²) in [4.78, 5) is 11.1. The Balaban J connectivity index is 3.62. The van der Waals surface area contributed by atoms with E-state index in [1.165, 1.54) is 0 Å². The van der Waals surface area contributed by atoms with Gasteiger partial charge in [0, 0.05) is 13.7 Å². The molecule has 0 fully saturated rings. The number of hydrogen-bond acceptors (Lipinski definition) is 3. The van der Waals surface area contributed by atoms with Crippen molar-refractivity contribution in [1.29, 1.82) is 0 Å². The van der Waals surface area contributed by atoms with Crippen molar-refractivity contribution in [3.8, 4) is 0 Å². The van der Waals surface area contributed by atoms with Crippen molar-refractivity contribution in [2.24, 2.45) is 0 Å². The van der Waals surface area contributed by atoms with Crippen molar-refractivity contribution in [2.45, 2.75) is 19.4 Å². The first-order chi connectivity index (χ1) is 6.02. The minimum Gasteiger partial charge on any atom is -0.394 e. The molecule has 0 aliphatic rings. The van der Waals surface area contributed by atoms with Crippen molar-refractivity contribution in [3.05, 3.63) is 0 Å². The molecule has 78 valence electrons. The van der Waals surface area contributed by atoms with Gasteiger partial charge in [0.1, 0.15) is 0 Å². The first-order valence-electron chi connectivity index (χ1n) is 4.17. The third-order valence-electron chi connectivity index (χ3n) is 1.44. The zero-order valence-electron chi connectivity index (χ0n) is 8.39. The summed E-state index contributed by atoms with van der Waals surface area (Å²) in [7, 11) is 1.57. The molecule has 0 atom stereocenters. The number of urea groups is 1. The van der Waals surface area contributed by atoms with Gasteiger partial charge in [-0.15, -0.1) is 0 Å². The molecule has 0 aliphatic heterocycles. The van der Waals surface area contributed by atoms with Crippen molar-refractivity contribution in [1.82, 2.24) is 10.6 Å². The van der Waals surface area contributed by atoms with E-state index in [1.54, 1.807) is 21.0 Å². The van der Waals surface area contributed by atoms with Gasteiger partial charge in [0.2, 0.25) is 0 Å². The third-order valence-corrected chi connectivity index (χ3v) is 1.44. The lowest BCUT2D eigenvalue weighted by atomic mass is 10.1. The summed E-state index contributed by atoms with van der Waals surface area (Å²) in [5, 5.41) is 14.0. The quantitative estimate of drug-likeness (QED) is 0.521. The number of carbonyl (C=O) groups is 1. The van der Waals surface area contributed by atoms with E-state index >= 15 is 0 Å². The Hall–Kier alpha value is -0.810. The summed E-state index contributed by atoms with van der Waals surface area (Å²) in [6.45, 7) is 4.33. The van der Waals surface area contributed by atoms with Gasteiger partial charge in [0.05, 0.1) is 18.8 Å². The van der Waals surface area contributed by atoms with Gasteiger partial charge in [0.15, 0.2) is 0 Å². The lowest BCUT2D eigenvalue weighted by molar-refractivity contribution is 0.175. The predicted octanol–water partition coefficient (Wildman–Crippen LogP) is -0.297. The Morgan fingerprint density at radius 1 is 1.54 bits per heavy atom. The number of amides is 2. The highest BCUT2D eigenvalue weighted by Gasteiger charge is 2.18. The minimum atomic E-state index is -0.586. The van der Waals surface area contributed by atoms with Crippen LogP contribution in [0, 0.1) is 0 Å². The van der Waals surface area contributed by atoms with E-state index in [2.05, 4.69) is 10.6 Å². The molecule has 0 radical (unpaired) electrons. The number of aliphatic hydroxyl groups is 1. The number of ether oxygens (including phenoxy) is 1. The summed E-state index contributed by atoms with van der Waals surface area (Å²) < 4.78 is 4.76. The van der Waals surface area contributed by atoms with E-state index in [-0.39, 0.29) is 12.6 Å². The number of methoxy groups -OCH3 is 1. The van der Waals surface area contributed by atoms with Crippen LogP contribution < -0.4 is 10.6 Å². The van der Waals surface area contributed by atoms with Crippen LogP contribution in [0.25, 0.3) is 0 Å². The predicted molar refractivity (Wildman–Crippen MR) is 49.6 cm³/mol. The fourth-order valence-electron chi connectivity index (χ4n) is 0.658. The van der Waals surface area contributed by atoms with E-state index in [4.69, 9.17) is 9.84 Å². The van der Waals surface area contributed by atoms with E-state index < -0.39 is 5.54 Å². The highest BCUT2D eigenvalue weighted by Crippen LogP contribution is 1.98. The molecular formula is C8H18N2O3. The average molecular weight is 190 g/mol. The molecule has 5 nitrogen and oxygen atoms in total. The summed E-state index contributed by atoms with van der Waals surface area (Å²) in [5.41, 5.74) is -0.586. The Kier molecular flexibility index (Phi) is 5.41. The van der Waals surface area contributed by atoms with Crippen molar-refractivity contribution in [2.75, 3.05) is 26.9 Å². The molecule has 0 aromatic heterocycles. The van der Waals surface area contributed by atoms with Gasteiger partial charge >= 0.3 is 6.03 Å². The molecule has 0 aliphatic carbocycles. The molecule has 0 aromatic rings. The van der Waals surface area contributed by atoms with Crippen LogP contribution in [0.15, 0.2) is 0 Å². The number of rotatable bonds is 5. The molecule has 0 aromatic carbocycles. The lowest BCUT2D eigenvalue weighted by Crippen LogP contribution is -2.51.